The molecule has 2 aromatic rings. The summed E-state index contributed by atoms with van der Waals surface area (Å²) >= 11 is 0. The van der Waals surface area contributed by atoms with Crippen LogP contribution >= 0.6 is 0 Å². The predicted molar refractivity (Wildman–Crippen MR) is 148 cm³/mol. The lowest BCUT2D eigenvalue weighted by Crippen LogP contribution is -2.30. The van der Waals surface area contributed by atoms with Crippen molar-refractivity contribution in [2.45, 2.75) is 80.1 Å². The van der Waals surface area contributed by atoms with Gasteiger partial charge in [0.25, 0.3) is 5.91 Å². The summed E-state index contributed by atoms with van der Waals surface area (Å²) in [5.41, 5.74) is 3.03. The Bertz CT molecular complexity index is 1130. The van der Waals surface area contributed by atoms with Gasteiger partial charge in [0.2, 0.25) is 0 Å². The summed E-state index contributed by atoms with van der Waals surface area (Å²) in [6, 6.07) is 7.40. The quantitative estimate of drug-likeness (QED) is 0.162. The van der Waals surface area contributed by atoms with Crippen LogP contribution in [-0.4, -0.2) is 27.8 Å². The van der Waals surface area contributed by atoms with Crippen molar-refractivity contribution in [2.75, 3.05) is 16.8 Å². The molecule has 0 unspecified atom stereocenters. The van der Waals surface area contributed by atoms with E-state index in [2.05, 4.69) is 46.9 Å². The van der Waals surface area contributed by atoms with Crippen molar-refractivity contribution >= 4 is 23.0 Å². The van der Waals surface area contributed by atoms with E-state index in [1.54, 1.807) is 12.1 Å². The summed E-state index contributed by atoms with van der Waals surface area (Å²) in [5.74, 6) is -0.747. The summed E-state index contributed by atoms with van der Waals surface area (Å²) in [6.45, 7) is 13.9. The SMILES string of the molecule is C/C(=C\CN1C(=O)c2cccc(O)c2Nc2c(O)cc(O)cc21)CCCC(C)(C)CCCC(C)(C)C. The van der Waals surface area contributed by atoms with E-state index < -0.39 is 0 Å². The molecule has 0 aromatic heterocycles. The van der Waals surface area contributed by atoms with Crippen LogP contribution in [0.2, 0.25) is 0 Å². The number of carbonyl (C=O) groups excluding carboxylic acids is 1. The number of rotatable bonds is 9. The Balaban J connectivity index is 1.72. The minimum Gasteiger partial charge on any atom is -0.508 e. The lowest BCUT2D eigenvalue weighted by Gasteiger charge is -2.27. The highest BCUT2D eigenvalue weighted by molar-refractivity contribution is 6.15. The highest BCUT2D eigenvalue weighted by Crippen LogP contribution is 2.45. The van der Waals surface area contributed by atoms with E-state index in [-0.39, 0.29) is 41.1 Å². The number of hydrogen-bond acceptors (Lipinski definition) is 5. The van der Waals surface area contributed by atoms with Crippen LogP contribution in [0.1, 0.15) is 90.4 Å². The summed E-state index contributed by atoms with van der Waals surface area (Å²) in [5, 5.41) is 34.0. The zero-order chi connectivity index (χ0) is 26.7. The summed E-state index contributed by atoms with van der Waals surface area (Å²) in [4.78, 5) is 15.0. The second-order valence-corrected chi connectivity index (χ2v) is 12.1. The number of hydrogen-bond donors (Lipinski definition) is 4. The number of phenols is 3. The van der Waals surface area contributed by atoms with Crippen molar-refractivity contribution in [1.82, 2.24) is 0 Å². The van der Waals surface area contributed by atoms with Gasteiger partial charge in [-0.3, -0.25) is 4.79 Å². The molecule has 0 bridgehead atoms. The van der Waals surface area contributed by atoms with Crippen LogP contribution in [0, 0.1) is 10.8 Å². The van der Waals surface area contributed by atoms with Crippen LogP contribution in [-0.2, 0) is 0 Å². The smallest absolute Gasteiger partial charge is 0.260 e. The maximum atomic E-state index is 13.5. The molecular formula is C30H42N2O4. The van der Waals surface area contributed by atoms with Gasteiger partial charge in [0.15, 0.2) is 0 Å². The van der Waals surface area contributed by atoms with Crippen molar-refractivity contribution < 1.29 is 20.1 Å². The molecule has 6 heteroatoms. The van der Waals surface area contributed by atoms with Gasteiger partial charge >= 0.3 is 0 Å². The van der Waals surface area contributed by atoms with Gasteiger partial charge in [-0.05, 0) is 62.0 Å². The number of nitrogens with zero attached hydrogens (tertiary/aromatic N) is 1. The third-order valence-corrected chi connectivity index (χ3v) is 6.97. The fourth-order valence-electron chi connectivity index (χ4n) is 4.77. The van der Waals surface area contributed by atoms with Gasteiger partial charge in [-0.25, -0.2) is 0 Å². The summed E-state index contributed by atoms with van der Waals surface area (Å²) in [6.07, 6.45) is 8.90. The molecule has 0 atom stereocenters. The average Bonchev–Trinajstić information content (AvgIpc) is 2.86. The first-order chi connectivity index (χ1) is 16.8. The molecule has 2 aromatic carbocycles. The number of nitrogens with one attached hydrogen (secondary N) is 1. The maximum absolute atomic E-state index is 13.5. The third kappa shape index (κ3) is 6.96. The Morgan fingerprint density at radius 3 is 2.33 bits per heavy atom. The van der Waals surface area contributed by atoms with Gasteiger partial charge in [0, 0.05) is 18.7 Å². The van der Waals surface area contributed by atoms with Crippen LogP contribution in [0.4, 0.5) is 17.1 Å². The highest BCUT2D eigenvalue weighted by atomic mass is 16.3. The summed E-state index contributed by atoms with van der Waals surface area (Å²) in [7, 11) is 0. The second-order valence-electron chi connectivity index (χ2n) is 12.1. The lowest BCUT2D eigenvalue weighted by atomic mass is 9.79. The van der Waals surface area contributed by atoms with Crippen LogP contribution in [0.3, 0.4) is 0 Å². The van der Waals surface area contributed by atoms with E-state index in [0.717, 1.165) is 19.3 Å². The molecule has 0 saturated heterocycles. The van der Waals surface area contributed by atoms with E-state index in [0.29, 0.717) is 22.1 Å². The molecule has 1 heterocycles. The van der Waals surface area contributed by atoms with Crippen LogP contribution < -0.4 is 10.2 Å². The Kier molecular flexibility index (Phi) is 8.27. The number of aromatic hydroxyl groups is 3. The molecule has 36 heavy (non-hydrogen) atoms. The Morgan fingerprint density at radius 2 is 1.64 bits per heavy atom. The number of benzene rings is 2. The van der Waals surface area contributed by atoms with Crippen LogP contribution in [0.25, 0.3) is 0 Å². The second kappa shape index (κ2) is 10.9. The molecule has 0 spiro atoms. The van der Waals surface area contributed by atoms with E-state index >= 15 is 0 Å². The van der Waals surface area contributed by atoms with Gasteiger partial charge in [0.1, 0.15) is 22.9 Å². The topological polar surface area (TPSA) is 93.0 Å². The lowest BCUT2D eigenvalue weighted by molar-refractivity contribution is 0.0991. The number of phenolic OH excluding ortho intramolecular Hbond substituents is 3. The average molecular weight is 495 g/mol. The standard InChI is InChI=1S/C30H42N2O4/c1-20(10-8-15-30(5,6)16-9-14-29(2,3)4)13-17-32-23-18-21(33)19-25(35)27(23)31-26-22(28(32)36)11-7-12-24(26)34/h7,11-13,18-19,31,33-35H,8-10,14-17H2,1-6H3/b20-13+. The molecule has 3 rings (SSSR count). The van der Waals surface area contributed by atoms with Crippen LogP contribution in [0.15, 0.2) is 42.0 Å². The van der Waals surface area contributed by atoms with Crippen molar-refractivity contribution in [2.24, 2.45) is 10.8 Å². The van der Waals surface area contributed by atoms with Gasteiger partial charge in [0.05, 0.1) is 16.9 Å². The first kappa shape index (κ1) is 27.4. The third-order valence-electron chi connectivity index (χ3n) is 6.97. The molecule has 1 aliphatic rings. The zero-order valence-corrected chi connectivity index (χ0v) is 22.6. The minimum atomic E-state index is -0.318. The van der Waals surface area contributed by atoms with Crippen molar-refractivity contribution in [1.29, 1.82) is 0 Å². The Labute approximate surface area is 215 Å². The molecule has 196 valence electrons. The van der Waals surface area contributed by atoms with E-state index in [1.807, 2.05) is 6.08 Å². The molecule has 1 amide bonds. The van der Waals surface area contributed by atoms with Gasteiger partial charge < -0.3 is 25.5 Å². The minimum absolute atomic E-state index is 0.0852. The normalized spacial score (nSPS) is 14.2. The van der Waals surface area contributed by atoms with Gasteiger partial charge in [-0.2, -0.15) is 0 Å². The van der Waals surface area contributed by atoms with E-state index in [4.69, 9.17) is 0 Å². The van der Waals surface area contributed by atoms with Gasteiger partial charge in [-0.1, -0.05) is 58.8 Å². The van der Waals surface area contributed by atoms with Crippen molar-refractivity contribution in [3.05, 3.63) is 47.5 Å². The largest absolute Gasteiger partial charge is 0.508 e. The highest BCUT2D eigenvalue weighted by Gasteiger charge is 2.30. The van der Waals surface area contributed by atoms with Crippen molar-refractivity contribution in [3.63, 3.8) is 0 Å². The molecule has 6 nitrogen and oxygen atoms in total. The zero-order valence-electron chi connectivity index (χ0n) is 22.6. The molecular weight excluding hydrogens is 452 g/mol. The monoisotopic (exact) mass is 494 g/mol. The fraction of sp³-hybridized carbons (Fsp3) is 0.500. The number of anilines is 3. The molecule has 0 fully saturated rings. The number of carbonyl (C=O) groups is 1. The Hall–Kier alpha value is -3.15. The Morgan fingerprint density at radius 1 is 0.944 bits per heavy atom. The predicted octanol–water partition coefficient (Wildman–Crippen LogP) is 7.87. The number of para-hydroxylation sites is 1. The van der Waals surface area contributed by atoms with Gasteiger partial charge in [-0.15, -0.1) is 0 Å². The number of allylic oxidation sites excluding steroid dienone is 1. The number of fused-ring (bicyclic) bond motifs is 2. The van der Waals surface area contributed by atoms with E-state index in [1.165, 1.54) is 47.9 Å². The van der Waals surface area contributed by atoms with Crippen LogP contribution in [0.5, 0.6) is 17.2 Å². The molecule has 0 radical (unpaired) electrons. The first-order valence-corrected chi connectivity index (χ1v) is 12.9. The fourth-order valence-corrected chi connectivity index (χ4v) is 4.77. The molecule has 4 N–H and O–H groups in total. The summed E-state index contributed by atoms with van der Waals surface area (Å²) < 4.78 is 0. The van der Waals surface area contributed by atoms with E-state index in [9.17, 15) is 20.1 Å². The van der Waals surface area contributed by atoms with Crippen molar-refractivity contribution in [3.8, 4) is 17.2 Å². The molecule has 0 saturated carbocycles. The first-order valence-electron chi connectivity index (χ1n) is 12.9. The number of amides is 1. The molecule has 1 aliphatic heterocycles. The molecule has 0 aliphatic carbocycles. The maximum Gasteiger partial charge on any atom is 0.260 e.